The predicted molar refractivity (Wildman–Crippen MR) is 75.3 cm³/mol. The first kappa shape index (κ1) is 15.2. The summed E-state index contributed by atoms with van der Waals surface area (Å²) in [5.74, 6) is -0.200. The lowest BCUT2D eigenvalue weighted by Crippen LogP contribution is -2.46. The normalized spacial score (nSPS) is 22.0. The summed E-state index contributed by atoms with van der Waals surface area (Å²) < 4.78 is 5.08. The van der Waals surface area contributed by atoms with Gasteiger partial charge in [-0.25, -0.2) is 0 Å². The van der Waals surface area contributed by atoms with E-state index >= 15 is 0 Å². The van der Waals surface area contributed by atoms with Crippen LogP contribution < -0.4 is 4.74 Å². The lowest BCUT2D eigenvalue weighted by molar-refractivity contribution is -0.385. The first-order valence-electron chi connectivity index (χ1n) is 6.74. The van der Waals surface area contributed by atoms with Crippen molar-refractivity contribution in [1.29, 1.82) is 0 Å². The van der Waals surface area contributed by atoms with Crippen LogP contribution in [0.3, 0.4) is 0 Å². The minimum absolute atomic E-state index is 0.0632. The minimum Gasteiger partial charge on any atom is -0.496 e. The molecule has 1 heterocycles. The van der Waals surface area contributed by atoms with Crippen LogP contribution in [0.25, 0.3) is 0 Å². The van der Waals surface area contributed by atoms with Gasteiger partial charge in [-0.1, -0.05) is 13.0 Å². The van der Waals surface area contributed by atoms with Gasteiger partial charge in [0.05, 0.1) is 18.1 Å². The smallest absolute Gasteiger partial charge is 0.285 e. The van der Waals surface area contributed by atoms with Gasteiger partial charge < -0.3 is 14.7 Å². The molecule has 0 aromatic heterocycles. The number of rotatable bonds is 3. The molecule has 0 radical (unpaired) electrons. The number of aliphatic hydroxyl groups is 1. The third-order valence-corrected chi connectivity index (χ3v) is 3.84. The van der Waals surface area contributed by atoms with E-state index in [-0.39, 0.29) is 29.5 Å². The number of carbonyl (C=O) groups is 1. The van der Waals surface area contributed by atoms with Gasteiger partial charge in [0.2, 0.25) is 0 Å². The maximum atomic E-state index is 12.6. The minimum atomic E-state index is -0.614. The zero-order valence-corrected chi connectivity index (χ0v) is 12.0. The summed E-state index contributed by atoms with van der Waals surface area (Å²) in [6.07, 6.45) is 0.0482. The van der Waals surface area contributed by atoms with E-state index in [9.17, 15) is 20.0 Å². The van der Waals surface area contributed by atoms with Crippen LogP contribution in [0.1, 0.15) is 23.7 Å². The molecule has 2 atom stereocenters. The van der Waals surface area contributed by atoms with E-state index in [0.717, 1.165) is 0 Å². The van der Waals surface area contributed by atoms with Crippen molar-refractivity contribution < 1.29 is 19.6 Å². The lowest BCUT2D eigenvalue weighted by atomic mass is 9.95. The number of hydrogen-bond donors (Lipinski definition) is 1. The highest BCUT2D eigenvalue weighted by molar-refractivity contribution is 6.01. The van der Waals surface area contributed by atoms with E-state index in [1.807, 2.05) is 6.92 Å². The fourth-order valence-corrected chi connectivity index (χ4v) is 2.45. The van der Waals surface area contributed by atoms with E-state index < -0.39 is 16.9 Å². The first-order chi connectivity index (χ1) is 9.95. The molecule has 1 aromatic rings. The van der Waals surface area contributed by atoms with Crippen molar-refractivity contribution in [3.8, 4) is 5.75 Å². The molecule has 0 spiro atoms. The van der Waals surface area contributed by atoms with E-state index in [0.29, 0.717) is 13.0 Å². The summed E-state index contributed by atoms with van der Waals surface area (Å²) in [6.45, 7) is 2.56. The molecule has 1 aliphatic rings. The van der Waals surface area contributed by atoms with Crippen molar-refractivity contribution in [1.82, 2.24) is 4.90 Å². The number of hydrogen-bond acceptors (Lipinski definition) is 5. The number of likely N-dealkylation sites (tertiary alicyclic amines) is 1. The second-order valence-electron chi connectivity index (χ2n) is 5.20. The Morgan fingerprint density at radius 3 is 2.81 bits per heavy atom. The van der Waals surface area contributed by atoms with Crippen LogP contribution in [0.5, 0.6) is 5.75 Å². The molecule has 1 fully saturated rings. The molecule has 0 bridgehead atoms. The Bertz CT molecular complexity index is 560. The van der Waals surface area contributed by atoms with Gasteiger partial charge in [-0.05, 0) is 18.4 Å². The molecule has 0 saturated carbocycles. The molecule has 7 heteroatoms. The van der Waals surface area contributed by atoms with E-state index in [1.165, 1.54) is 30.2 Å². The number of methoxy groups -OCH3 is 1. The van der Waals surface area contributed by atoms with Crippen molar-refractivity contribution in [2.24, 2.45) is 5.92 Å². The standard InChI is InChI=1S/C14H18N2O5/c1-9-6-7-15(8-11(9)17)14(18)13-10(16(19)20)4-3-5-12(13)21-2/h3-5,9,11,17H,6-8H2,1-2H3. The van der Waals surface area contributed by atoms with E-state index in [4.69, 9.17) is 4.74 Å². The molecule has 21 heavy (non-hydrogen) atoms. The quantitative estimate of drug-likeness (QED) is 0.672. The first-order valence-corrected chi connectivity index (χ1v) is 6.74. The Kier molecular flexibility index (Phi) is 4.42. The molecule has 2 unspecified atom stereocenters. The molecule has 1 saturated heterocycles. The second kappa shape index (κ2) is 6.09. The number of nitrogens with zero attached hydrogens (tertiary/aromatic N) is 2. The average molecular weight is 294 g/mol. The largest absolute Gasteiger partial charge is 0.496 e. The van der Waals surface area contributed by atoms with Gasteiger partial charge in [0.25, 0.3) is 11.6 Å². The van der Waals surface area contributed by atoms with Gasteiger partial charge in [0.15, 0.2) is 5.56 Å². The molecule has 1 aromatic carbocycles. The van der Waals surface area contributed by atoms with Gasteiger partial charge in [-0.3, -0.25) is 14.9 Å². The third-order valence-electron chi connectivity index (χ3n) is 3.84. The van der Waals surface area contributed by atoms with Crippen molar-refractivity contribution in [2.75, 3.05) is 20.2 Å². The van der Waals surface area contributed by atoms with Crippen LogP contribution in [0.4, 0.5) is 5.69 Å². The summed E-state index contributed by atoms with van der Waals surface area (Å²) in [5.41, 5.74) is -0.348. The molecular weight excluding hydrogens is 276 g/mol. The monoisotopic (exact) mass is 294 g/mol. The fourth-order valence-electron chi connectivity index (χ4n) is 2.45. The number of β-amino-alcohol motifs (C(OH)–C–C–N with tert-alkyl or cyclic N) is 1. The van der Waals surface area contributed by atoms with Crippen molar-refractivity contribution in [3.63, 3.8) is 0 Å². The maximum absolute atomic E-state index is 12.6. The van der Waals surface area contributed by atoms with E-state index in [2.05, 4.69) is 0 Å². The van der Waals surface area contributed by atoms with Gasteiger partial charge in [-0.2, -0.15) is 0 Å². The SMILES string of the molecule is COc1cccc([N+](=O)[O-])c1C(=O)N1CCC(C)C(O)C1. The summed E-state index contributed by atoms with van der Waals surface area (Å²) >= 11 is 0. The van der Waals surface area contributed by atoms with Crippen LogP contribution >= 0.6 is 0 Å². The van der Waals surface area contributed by atoms with Crippen LogP contribution in [-0.2, 0) is 0 Å². The molecule has 1 aliphatic heterocycles. The van der Waals surface area contributed by atoms with Crippen molar-refractivity contribution in [2.45, 2.75) is 19.4 Å². The number of carbonyl (C=O) groups excluding carboxylic acids is 1. The van der Waals surface area contributed by atoms with Crippen LogP contribution in [0.15, 0.2) is 18.2 Å². The number of piperidine rings is 1. The predicted octanol–water partition coefficient (Wildman–Crippen LogP) is 1.45. The summed E-state index contributed by atoms with van der Waals surface area (Å²) in [6, 6.07) is 4.27. The lowest BCUT2D eigenvalue weighted by Gasteiger charge is -2.34. The van der Waals surface area contributed by atoms with Gasteiger partial charge in [-0.15, -0.1) is 0 Å². The van der Waals surface area contributed by atoms with Crippen LogP contribution in [0.2, 0.25) is 0 Å². The third kappa shape index (κ3) is 2.97. The molecule has 7 nitrogen and oxygen atoms in total. The Labute approximate surface area is 122 Å². The highest BCUT2D eigenvalue weighted by Gasteiger charge is 2.33. The summed E-state index contributed by atoms with van der Waals surface area (Å²) in [7, 11) is 1.36. The van der Waals surface area contributed by atoms with Crippen molar-refractivity contribution in [3.05, 3.63) is 33.9 Å². The summed E-state index contributed by atoms with van der Waals surface area (Å²) in [4.78, 5) is 24.6. The van der Waals surface area contributed by atoms with Gasteiger partial charge >= 0.3 is 0 Å². The Balaban J connectivity index is 2.36. The number of nitro groups is 1. The molecule has 0 aliphatic carbocycles. The Hall–Kier alpha value is -2.15. The number of ether oxygens (including phenoxy) is 1. The topological polar surface area (TPSA) is 92.9 Å². The number of nitro benzene ring substituents is 1. The molecule has 1 N–H and O–H groups in total. The zero-order chi connectivity index (χ0) is 15.6. The molecule has 2 rings (SSSR count). The van der Waals surface area contributed by atoms with Crippen LogP contribution in [-0.4, -0.2) is 47.1 Å². The highest BCUT2D eigenvalue weighted by Crippen LogP contribution is 2.30. The Morgan fingerprint density at radius 1 is 1.52 bits per heavy atom. The van der Waals surface area contributed by atoms with Gasteiger partial charge in [0, 0.05) is 19.2 Å². The van der Waals surface area contributed by atoms with Crippen LogP contribution in [0, 0.1) is 16.0 Å². The summed E-state index contributed by atoms with van der Waals surface area (Å²) in [5, 5.41) is 21.0. The highest BCUT2D eigenvalue weighted by atomic mass is 16.6. The zero-order valence-electron chi connectivity index (χ0n) is 12.0. The van der Waals surface area contributed by atoms with Crippen molar-refractivity contribution >= 4 is 11.6 Å². The fraction of sp³-hybridized carbons (Fsp3) is 0.500. The second-order valence-corrected chi connectivity index (χ2v) is 5.20. The average Bonchev–Trinajstić information content (AvgIpc) is 2.48. The van der Waals surface area contributed by atoms with E-state index in [1.54, 1.807) is 0 Å². The number of benzene rings is 1. The molecule has 114 valence electrons. The number of aliphatic hydroxyl groups excluding tert-OH is 1. The maximum Gasteiger partial charge on any atom is 0.285 e. The van der Waals surface area contributed by atoms with Gasteiger partial charge in [0.1, 0.15) is 5.75 Å². The number of amides is 1. The molecule has 1 amide bonds. The Morgan fingerprint density at radius 2 is 2.24 bits per heavy atom. The molecular formula is C14H18N2O5.